The fraction of sp³-hybridized carbons (Fsp3) is 0.188. The fourth-order valence-corrected chi connectivity index (χ4v) is 2.79. The van der Waals surface area contributed by atoms with Crippen LogP contribution in [0, 0.1) is 6.92 Å². The number of aryl methyl sites for hydroxylation is 1. The molecule has 2 aromatic rings. The summed E-state index contributed by atoms with van der Waals surface area (Å²) in [5.41, 5.74) is 1.08. The molecule has 0 radical (unpaired) electrons. The Balaban J connectivity index is 2.41. The smallest absolute Gasteiger partial charge is 0.339 e. The molecule has 0 unspecified atom stereocenters. The molecule has 0 saturated heterocycles. The third kappa shape index (κ3) is 3.81. The minimum atomic E-state index is -4.04. The Morgan fingerprint density at radius 1 is 0.957 bits per heavy atom. The van der Waals surface area contributed by atoms with E-state index >= 15 is 0 Å². The first-order chi connectivity index (χ1) is 10.9. The normalized spacial score (nSPS) is 10.9. The molecule has 0 atom stereocenters. The van der Waals surface area contributed by atoms with E-state index in [1.54, 1.807) is 12.1 Å². The van der Waals surface area contributed by atoms with Gasteiger partial charge in [0.05, 0.1) is 19.8 Å². The number of ether oxygens (including phenoxy) is 2. The molecule has 0 saturated carbocycles. The lowest BCUT2D eigenvalue weighted by atomic mass is 10.2. The van der Waals surface area contributed by atoms with Crippen molar-refractivity contribution in [1.82, 2.24) is 0 Å². The lowest BCUT2D eigenvalue weighted by molar-refractivity contribution is 0.0600. The van der Waals surface area contributed by atoms with Gasteiger partial charge in [-0.25, -0.2) is 4.79 Å². The summed E-state index contributed by atoms with van der Waals surface area (Å²) in [4.78, 5) is 11.6. The second kappa shape index (κ2) is 6.70. The molecule has 7 heteroatoms. The lowest BCUT2D eigenvalue weighted by Crippen LogP contribution is -2.11. The van der Waals surface area contributed by atoms with Gasteiger partial charge in [-0.2, -0.15) is 8.42 Å². The topological polar surface area (TPSA) is 78.9 Å². The number of carbonyl (C=O) groups is 1. The van der Waals surface area contributed by atoms with Gasteiger partial charge in [0.15, 0.2) is 11.5 Å². The molecule has 2 rings (SSSR count). The van der Waals surface area contributed by atoms with Gasteiger partial charge in [0.25, 0.3) is 0 Å². The van der Waals surface area contributed by atoms with Gasteiger partial charge in [-0.3, -0.25) is 0 Å². The van der Waals surface area contributed by atoms with Crippen molar-refractivity contribution < 1.29 is 26.9 Å². The largest absolute Gasteiger partial charge is 0.493 e. The van der Waals surface area contributed by atoms with E-state index in [0.29, 0.717) is 0 Å². The summed E-state index contributed by atoms with van der Waals surface area (Å²) in [7, 11) is -1.44. The second-order valence-corrected chi connectivity index (χ2v) is 6.25. The van der Waals surface area contributed by atoms with Crippen molar-refractivity contribution >= 4 is 16.1 Å². The molecule has 0 spiro atoms. The molecule has 2 aromatic carbocycles. The number of benzene rings is 2. The summed E-state index contributed by atoms with van der Waals surface area (Å²) >= 11 is 0. The van der Waals surface area contributed by atoms with Gasteiger partial charge in [0.2, 0.25) is 0 Å². The van der Waals surface area contributed by atoms with Crippen molar-refractivity contribution in [2.75, 3.05) is 14.2 Å². The Hall–Kier alpha value is -2.54. The number of esters is 1. The molecule has 0 aliphatic rings. The Morgan fingerprint density at radius 2 is 1.61 bits per heavy atom. The first kappa shape index (κ1) is 16.8. The van der Waals surface area contributed by atoms with Gasteiger partial charge >= 0.3 is 16.1 Å². The minimum Gasteiger partial charge on any atom is -0.493 e. The summed E-state index contributed by atoms with van der Waals surface area (Å²) in [6, 6.07) is 10.4. The zero-order chi connectivity index (χ0) is 17.0. The first-order valence-corrected chi connectivity index (χ1v) is 8.05. The van der Waals surface area contributed by atoms with Crippen LogP contribution in [0.4, 0.5) is 0 Å². The maximum atomic E-state index is 12.3. The predicted molar refractivity (Wildman–Crippen MR) is 83.3 cm³/mol. The molecular formula is C16H16O6S. The minimum absolute atomic E-state index is 0.00799. The Kier molecular flexibility index (Phi) is 4.90. The van der Waals surface area contributed by atoms with E-state index < -0.39 is 16.1 Å². The van der Waals surface area contributed by atoms with Crippen LogP contribution in [0.5, 0.6) is 11.5 Å². The van der Waals surface area contributed by atoms with Crippen molar-refractivity contribution in [1.29, 1.82) is 0 Å². The van der Waals surface area contributed by atoms with E-state index in [0.717, 1.165) is 5.56 Å². The van der Waals surface area contributed by atoms with Gasteiger partial charge in [-0.05, 0) is 31.2 Å². The number of hydrogen-bond donors (Lipinski definition) is 0. The standard InChI is InChI=1S/C16H16O6S/c1-11-4-7-13(8-5-11)23(18,19)22-15-10-12(16(17)21-3)6-9-14(15)20-2/h4-10H,1-3H3. The molecule has 0 aromatic heterocycles. The molecule has 0 amide bonds. The van der Waals surface area contributed by atoms with Crippen LogP contribution < -0.4 is 8.92 Å². The van der Waals surface area contributed by atoms with Crippen LogP contribution >= 0.6 is 0 Å². The highest BCUT2D eigenvalue weighted by Gasteiger charge is 2.20. The summed E-state index contributed by atoms with van der Waals surface area (Å²) in [6.07, 6.45) is 0. The second-order valence-electron chi connectivity index (χ2n) is 4.71. The Bertz CT molecular complexity index is 809. The fourth-order valence-electron chi connectivity index (χ4n) is 1.86. The average Bonchev–Trinajstić information content (AvgIpc) is 2.54. The van der Waals surface area contributed by atoms with E-state index in [4.69, 9.17) is 8.92 Å². The Labute approximate surface area is 134 Å². The molecule has 0 N–H and O–H groups in total. The van der Waals surface area contributed by atoms with Gasteiger partial charge in [0.1, 0.15) is 4.90 Å². The van der Waals surface area contributed by atoms with Crippen molar-refractivity contribution in [3.05, 3.63) is 53.6 Å². The van der Waals surface area contributed by atoms with Crippen LogP contribution in [0.1, 0.15) is 15.9 Å². The van der Waals surface area contributed by atoms with Gasteiger partial charge in [0, 0.05) is 6.07 Å². The molecule has 122 valence electrons. The zero-order valence-electron chi connectivity index (χ0n) is 12.9. The summed E-state index contributed by atoms with van der Waals surface area (Å²) in [6.45, 7) is 1.85. The third-order valence-corrected chi connectivity index (χ3v) is 4.34. The molecular weight excluding hydrogens is 320 g/mol. The summed E-state index contributed by atoms with van der Waals surface area (Å²) in [5.74, 6) is -0.505. The van der Waals surface area contributed by atoms with Crippen LogP contribution in [0.15, 0.2) is 47.4 Å². The van der Waals surface area contributed by atoms with Crippen molar-refractivity contribution in [3.8, 4) is 11.5 Å². The van der Waals surface area contributed by atoms with E-state index in [1.807, 2.05) is 6.92 Å². The van der Waals surface area contributed by atoms with E-state index in [1.165, 1.54) is 44.6 Å². The SMILES string of the molecule is COC(=O)c1ccc(OC)c(OS(=O)(=O)c2ccc(C)cc2)c1. The number of hydrogen-bond acceptors (Lipinski definition) is 6. The van der Waals surface area contributed by atoms with E-state index in [9.17, 15) is 13.2 Å². The maximum Gasteiger partial charge on any atom is 0.339 e. The first-order valence-electron chi connectivity index (χ1n) is 6.65. The maximum absolute atomic E-state index is 12.3. The van der Waals surface area contributed by atoms with Crippen LogP contribution in [0.25, 0.3) is 0 Å². The molecule has 6 nitrogen and oxygen atoms in total. The molecule has 0 heterocycles. The number of methoxy groups -OCH3 is 2. The predicted octanol–water partition coefficient (Wildman–Crippen LogP) is 2.56. The Morgan fingerprint density at radius 3 is 2.17 bits per heavy atom. The van der Waals surface area contributed by atoms with Crippen LogP contribution in [0.3, 0.4) is 0 Å². The monoisotopic (exact) mass is 336 g/mol. The van der Waals surface area contributed by atoms with Crippen LogP contribution in [-0.2, 0) is 14.9 Å². The van der Waals surface area contributed by atoms with Crippen LogP contribution in [0.2, 0.25) is 0 Å². The summed E-state index contributed by atoms with van der Waals surface area (Å²) < 4.78 is 39.5. The van der Waals surface area contributed by atoms with Crippen molar-refractivity contribution in [2.24, 2.45) is 0 Å². The van der Waals surface area contributed by atoms with Crippen molar-refractivity contribution in [3.63, 3.8) is 0 Å². The van der Waals surface area contributed by atoms with Gasteiger partial charge in [-0.15, -0.1) is 0 Å². The van der Waals surface area contributed by atoms with E-state index in [2.05, 4.69) is 4.74 Å². The van der Waals surface area contributed by atoms with Crippen LogP contribution in [-0.4, -0.2) is 28.6 Å². The highest BCUT2D eigenvalue weighted by atomic mass is 32.2. The summed E-state index contributed by atoms with van der Waals surface area (Å²) in [5, 5.41) is 0. The third-order valence-electron chi connectivity index (χ3n) is 3.09. The molecule has 0 fully saturated rings. The highest BCUT2D eigenvalue weighted by molar-refractivity contribution is 7.87. The zero-order valence-corrected chi connectivity index (χ0v) is 13.7. The average molecular weight is 336 g/mol. The molecule has 0 aliphatic heterocycles. The van der Waals surface area contributed by atoms with Gasteiger partial charge in [-0.1, -0.05) is 17.7 Å². The lowest BCUT2D eigenvalue weighted by Gasteiger charge is -2.12. The number of rotatable bonds is 5. The molecule has 0 bridgehead atoms. The van der Waals surface area contributed by atoms with Gasteiger partial charge < -0.3 is 13.7 Å². The van der Waals surface area contributed by atoms with Crippen molar-refractivity contribution in [2.45, 2.75) is 11.8 Å². The number of carbonyl (C=O) groups excluding carboxylic acids is 1. The quantitative estimate of drug-likeness (QED) is 0.617. The highest BCUT2D eigenvalue weighted by Crippen LogP contribution is 2.31. The molecule has 0 aliphatic carbocycles. The van der Waals surface area contributed by atoms with E-state index in [-0.39, 0.29) is 22.0 Å². The molecule has 23 heavy (non-hydrogen) atoms.